The van der Waals surface area contributed by atoms with Gasteiger partial charge in [-0.3, -0.25) is 9.97 Å². The van der Waals surface area contributed by atoms with Gasteiger partial charge >= 0.3 is 0 Å². The lowest BCUT2D eigenvalue weighted by Crippen LogP contribution is -1.96. The van der Waals surface area contributed by atoms with Crippen molar-refractivity contribution in [2.75, 3.05) is 0 Å². The van der Waals surface area contributed by atoms with Crippen molar-refractivity contribution < 1.29 is 0 Å². The van der Waals surface area contributed by atoms with Crippen LogP contribution in [0.15, 0.2) is 72.8 Å². The number of hydrogen-bond donors (Lipinski definition) is 0. The molecule has 0 spiro atoms. The molecule has 3 heteroatoms. The quantitative estimate of drug-likeness (QED) is 0.254. The van der Waals surface area contributed by atoms with Crippen molar-refractivity contribution in [1.29, 1.82) is 0 Å². The highest BCUT2D eigenvalue weighted by Gasteiger charge is 2.16. The van der Waals surface area contributed by atoms with Crippen molar-refractivity contribution >= 4 is 64.1 Å². The first-order valence-electron chi connectivity index (χ1n) is 10.5. The SMILES string of the molecule is Cc1nc2cc(-c3ccc4sc5ccccc5c4c3)cc3c(C)nc4cccc1c4c23. The Hall–Kier alpha value is -3.56. The predicted molar refractivity (Wildman–Crippen MR) is 134 cm³/mol. The largest absolute Gasteiger partial charge is 0.252 e. The van der Waals surface area contributed by atoms with E-state index in [1.54, 1.807) is 0 Å². The molecule has 146 valence electrons. The average Bonchev–Trinajstić information content (AvgIpc) is 3.16. The van der Waals surface area contributed by atoms with Gasteiger partial charge in [0.15, 0.2) is 0 Å². The van der Waals surface area contributed by atoms with Crippen molar-refractivity contribution in [3.63, 3.8) is 0 Å². The molecule has 31 heavy (non-hydrogen) atoms. The lowest BCUT2D eigenvalue weighted by atomic mass is 9.94. The standard InChI is InChI=1S/C28H18N2S/c1-15-19-7-5-8-23-27(19)28-21(16(2)29-23)13-18(14-24(28)30-15)17-10-11-26-22(12-17)20-6-3-4-9-25(20)31-26/h3-14H,1-2H3. The maximum absolute atomic E-state index is 5.01. The summed E-state index contributed by atoms with van der Waals surface area (Å²) in [7, 11) is 0. The molecule has 0 saturated carbocycles. The van der Waals surface area contributed by atoms with Gasteiger partial charge in [-0.15, -0.1) is 11.3 Å². The van der Waals surface area contributed by atoms with Gasteiger partial charge in [-0.05, 0) is 61.4 Å². The Morgan fingerprint density at radius 3 is 2.19 bits per heavy atom. The van der Waals surface area contributed by atoms with E-state index in [1.165, 1.54) is 52.8 Å². The van der Waals surface area contributed by atoms with E-state index in [1.807, 2.05) is 11.3 Å². The number of pyridine rings is 2. The molecule has 0 bridgehead atoms. The first-order valence-corrected chi connectivity index (χ1v) is 11.3. The van der Waals surface area contributed by atoms with Gasteiger partial charge in [-0.1, -0.05) is 36.4 Å². The first kappa shape index (κ1) is 17.2. The van der Waals surface area contributed by atoms with E-state index >= 15 is 0 Å². The van der Waals surface area contributed by atoms with E-state index in [-0.39, 0.29) is 0 Å². The monoisotopic (exact) mass is 414 g/mol. The highest BCUT2D eigenvalue weighted by Crippen LogP contribution is 2.40. The molecule has 7 aromatic rings. The summed E-state index contributed by atoms with van der Waals surface area (Å²) in [4.78, 5) is 9.95. The number of nitrogens with zero attached hydrogens (tertiary/aromatic N) is 2. The highest BCUT2D eigenvalue weighted by atomic mass is 32.1. The Morgan fingerprint density at radius 2 is 1.26 bits per heavy atom. The average molecular weight is 415 g/mol. The molecule has 2 nitrogen and oxygen atoms in total. The van der Waals surface area contributed by atoms with Crippen LogP contribution in [0.25, 0.3) is 63.9 Å². The van der Waals surface area contributed by atoms with E-state index in [0.717, 1.165) is 22.4 Å². The number of rotatable bonds is 1. The Bertz CT molecular complexity index is 1810. The number of hydrogen-bond acceptors (Lipinski definition) is 3. The molecular weight excluding hydrogens is 396 g/mol. The summed E-state index contributed by atoms with van der Waals surface area (Å²) >= 11 is 1.86. The normalized spacial score (nSPS) is 12.2. The van der Waals surface area contributed by atoms with Gasteiger partial charge in [0.05, 0.1) is 11.0 Å². The molecule has 4 aromatic carbocycles. The van der Waals surface area contributed by atoms with Crippen LogP contribution in [0.3, 0.4) is 0 Å². The van der Waals surface area contributed by atoms with E-state index in [2.05, 4.69) is 86.6 Å². The number of thiophene rings is 1. The van der Waals surface area contributed by atoms with Crippen molar-refractivity contribution in [1.82, 2.24) is 9.97 Å². The van der Waals surface area contributed by atoms with E-state index in [9.17, 15) is 0 Å². The minimum absolute atomic E-state index is 1.05. The van der Waals surface area contributed by atoms with Gasteiger partial charge in [0.2, 0.25) is 0 Å². The summed E-state index contributed by atoms with van der Waals surface area (Å²) in [5, 5.41) is 7.50. The van der Waals surface area contributed by atoms with Crippen LogP contribution >= 0.6 is 11.3 Å². The van der Waals surface area contributed by atoms with Crippen LogP contribution in [0.1, 0.15) is 11.4 Å². The number of fused-ring (bicyclic) bond motifs is 3. The molecule has 0 N–H and O–H groups in total. The molecule has 7 rings (SSSR count). The summed E-state index contributed by atoms with van der Waals surface area (Å²) in [6.07, 6.45) is 0. The maximum Gasteiger partial charge on any atom is 0.0725 e. The molecule has 0 aliphatic carbocycles. The number of aryl methyl sites for hydroxylation is 2. The molecule has 0 radical (unpaired) electrons. The number of aromatic nitrogens is 2. The molecule has 0 fully saturated rings. The molecule has 0 atom stereocenters. The molecule has 3 aromatic heterocycles. The third-order valence-corrected chi connectivity index (χ3v) is 7.63. The van der Waals surface area contributed by atoms with Crippen molar-refractivity contribution in [3.8, 4) is 11.1 Å². The van der Waals surface area contributed by atoms with Crippen LogP contribution < -0.4 is 0 Å². The van der Waals surface area contributed by atoms with Crippen LogP contribution in [0.5, 0.6) is 0 Å². The third kappa shape index (κ3) is 2.32. The van der Waals surface area contributed by atoms with Gasteiger partial charge in [0.1, 0.15) is 0 Å². The van der Waals surface area contributed by atoms with E-state index in [4.69, 9.17) is 9.97 Å². The zero-order valence-corrected chi connectivity index (χ0v) is 18.0. The van der Waals surface area contributed by atoms with Gasteiger partial charge < -0.3 is 0 Å². The summed E-state index contributed by atoms with van der Waals surface area (Å²) in [6.45, 7) is 4.20. The Morgan fingerprint density at radius 1 is 0.548 bits per heavy atom. The van der Waals surface area contributed by atoms with Gasteiger partial charge in [-0.25, -0.2) is 0 Å². The molecule has 3 heterocycles. The van der Waals surface area contributed by atoms with E-state index < -0.39 is 0 Å². The zero-order chi connectivity index (χ0) is 20.7. The summed E-state index contributed by atoms with van der Waals surface area (Å²) in [5.41, 5.74) is 6.63. The predicted octanol–water partition coefficient (Wildman–Crippen LogP) is 8.03. The van der Waals surface area contributed by atoms with Crippen molar-refractivity contribution in [2.45, 2.75) is 13.8 Å². The minimum Gasteiger partial charge on any atom is -0.252 e. The van der Waals surface area contributed by atoms with Gasteiger partial charge in [0, 0.05) is 53.1 Å². The summed E-state index contributed by atoms with van der Waals surface area (Å²) in [5.74, 6) is 0. The minimum atomic E-state index is 1.05. The fraction of sp³-hybridized carbons (Fsp3) is 0.0714. The second-order valence-electron chi connectivity index (χ2n) is 8.32. The first-order chi connectivity index (χ1) is 15.2. The molecule has 0 amide bonds. The maximum atomic E-state index is 5.01. The molecular formula is C28H18N2S. The number of benzene rings is 4. The summed E-state index contributed by atoms with van der Waals surface area (Å²) in [6, 6.07) is 26.4. The zero-order valence-electron chi connectivity index (χ0n) is 17.2. The Balaban J connectivity index is 1.58. The molecule has 0 saturated heterocycles. The van der Waals surface area contributed by atoms with Gasteiger partial charge in [-0.2, -0.15) is 0 Å². The van der Waals surface area contributed by atoms with Crippen LogP contribution in [0.4, 0.5) is 0 Å². The fourth-order valence-electron chi connectivity index (χ4n) is 5.01. The van der Waals surface area contributed by atoms with Crippen molar-refractivity contribution in [3.05, 3.63) is 84.2 Å². The summed E-state index contributed by atoms with van der Waals surface area (Å²) < 4.78 is 2.66. The van der Waals surface area contributed by atoms with E-state index in [0.29, 0.717) is 0 Å². The second-order valence-corrected chi connectivity index (χ2v) is 9.40. The second kappa shape index (κ2) is 5.99. The molecule has 0 aliphatic heterocycles. The van der Waals surface area contributed by atoms with Gasteiger partial charge in [0.25, 0.3) is 0 Å². The third-order valence-electron chi connectivity index (χ3n) is 6.48. The molecule has 0 unspecified atom stereocenters. The topological polar surface area (TPSA) is 25.8 Å². The highest BCUT2D eigenvalue weighted by molar-refractivity contribution is 7.25. The lowest BCUT2D eigenvalue weighted by Gasteiger charge is -2.15. The molecule has 0 aliphatic rings. The Labute approximate surface area is 183 Å². The van der Waals surface area contributed by atoms with Crippen LogP contribution in [-0.2, 0) is 0 Å². The van der Waals surface area contributed by atoms with Crippen LogP contribution in [-0.4, -0.2) is 9.97 Å². The smallest absolute Gasteiger partial charge is 0.0725 e. The lowest BCUT2D eigenvalue weighted by molar-refractivity contribution is 1.26. The van der Waals surface area contributed by atoms with Crippen LogP contribution in [0, 0.1) is 13.8 Å². The van der Waals surface area contributed by atoms with Crippen molar-refractivity contribution in [2.24, 2.45) is 0 Å². The Kier molecular flexibility index (Phi) is 3.32. The fourth-order valence-corrected chi connectivity index (χ4v) is 6.10. The van der Waals surface area contributed by atoms with Crippen LogP contribution in [0.2, 0.25) is 0 Å².